The average Bonchev–Trinajstić information content (AvgIpc) is 2.41. The molecule has 23 heavy (non-hydrogen) atoms. The molecule has 0 aromatic rings. The summed E-state index contributed by atoms with van der Waals surface area (Å²) in [4.78, 5) is 34.2. The van der Waals surface area contributed by atoms with Gasteiger partial charge in [0.1, 0.15) is 6.10 Å². The number of ether oxygens (including phenoxy) is 2. The van der Waals surface area contributed by atoms with Gasteiger partial charge in [-0.05, 0) is 5.92 Å². The minimum atomic E-state index is -1.23. The molecular weight excluding hydrogens is 300 g/mol. The highest BCUT2D eigenvalue weighted by Gasteiger charge is 2.37. The van der Waals surface area contributed by atoms with Crippen LogP contribution in [-0.4, -0.2) is 35.7 Å². The summed E-state index contributed by atoms with van der Waals surface area (Å²) in [7, 11) is 0. The van der Waals surface area contributed by atoms with Crippen molar-refractivity contribution in [3.63, 3.8) is 0 Å². The normalized spacial score (nSPS) is 12.9. The molecule has 0 amide bonds. The molecule has 0 aliphatic rings. The quantitative estimate of drug-likeness (QED) is 0.517. The zero-order valence-electron chi connectivity index (χ0n) is 14.8. The van der Waals surface area contributed by atoms with Crippen LogP contribution in [0.15, 0.2) is 12.2 Å². The first-order valence-electron chi connectivity index (χ1n) is 7.65. The molecule has 1 N–H and O–H groups in total. The lowest BCUT2D eigenvalue weighted by Gasteiger charge is -2.36. The van der Waals surface area contributed by atoms with E-state index in [1.165, 1.54) is 0 Å². The maximum Gasteiger partial charge on any atom is 0.331 e. The summed E-state index contributed by atoms with van der Waals surface area (Å²) >= 11 is 0. The fourth-order valence-corrected chi connectivity index (χ4v) is 2.11. The van der Waals surface area contributed by atoms with Gasteiger partial charge in [0.05, 0.1) is 18.9 Å². The molecule has 6 heteroatoms. The van der Waals surface area contributed by atoms with E-state index in [9.17, 15) is 14.4 Å². The van der Waals surface area contributed by atoms with Gasteiger partial charge in [-0.3, -0.25) is 9.59 Å². The third-order valence-electron chi connectivity index (χ3n) is 3.36. The molecule has 0 saturated carbocycles. The zero-order valence-corrected chi connectivity index (χ0v) is 14.8. The SMILES string of the molecule is C=C(CC(=O)OCC(C)(C)C(OC(=O)C(C)C)C(C)C)C(=O)O. The molecule has 0 fully saturated rings. The Morgan fingerprint density at radius 2 is 1.65 bits per heavy atom. The smallest absolute Gasteiger partial charge is 0.331 e. The largest absolute Gasteiger partial charge is 0.478 e. The van der Waals surface area contributed by atoms with Gasteiger partial charge >= 0.3 is 17.9 Å². The highest BCUT2D eigenvalue weighted by atomic mass is 16.6. The van der Waals surface area contributed by atoms with Crippen molar-refractivity contribution in [3.05, 3.63) is 12.2 Å². The van der Waals surface area contributed by atoms with Crippen molar-refractivity contribution in [1.82, 2.24) is 0 Å². The van der Waals surface area contributed by atoms with Crippen molar-refractivity contribution in [1.29, 1.82) is 0 Å². The molecule has 0 aromatic heterocycles. The van der Waals surface area contributed by atoms with Crippen LogP contribution in [0.5, 0.6) is 0 Å². The van der Waals surface area contributed by atoms with E-state index in [1.807, 2.05) is 27.7 Å². The Labute approximate surface area is 137 Å². The summed E-state index contributed by atoms with van der Waals surface area (Å²) in [6, 6.07) is 0. The average molecular weight is 328 g/mol. The summed E-state index contributed by atoms with van der Waals surface area (Å²) in [5.74, 6) is -2.40. The van der Waals surface area contributed by atoms with E-state index in [0.29, 0.717) is 0 Å². The van der Waals surface area contributed by atoms with Gasteiger partial charge in [-0.25, -0.2) is 4.79 Å². The second-order valence-electron chi connectivity index (χ2n) is 6.99. The molecule has 0 heterocycles. The van der Waals surface area contributed by atoms with E-state index in [-0.39, 0.29) is 36.4 Å². The zero-order chi connectivity index (χ0) is 18.4. The maximum atomic E-state index is 11.9. The number of carbonyl (C=O) groups excluding carboxylic acids is 2. The summed E-state index contributed by atoms with van der Waals surface area (Å²) in [6.45, 7) is 14.3. The van der Waals surface area contributed by atoms with Gasteiger partial charge in [0, 0.05) is 11.0 Å². The molecule has 1 unspecified atom stereocenters. The number of hydrogen-bond donors (Lipinski definition) is 1. The monoisotopic (exact) mass is 328 g/mol. The van der Waals surface area contributed by atoms with Gasteiger partial charge in [0.15, 0.2) is 0 Å². The molecule has 0 aliphatic carbocycles. The van der Waals surface area contributed by atoms with E-state index in [0.717, 1.165) is 0 Å². The maximum absolute atomic E-state index is 11.9. The summed E-state index contributed by atoms with van der Waals surface area (Å²) in [6.07, 6.45) is -0.795. The molecule has 1 atom stereocenters. The van der Waals surface area contributed by atoms with Crippen LogP contribution in [0.25, 0.3) is 0 Å². The molecule has 0 rings (SSSR count). The van der Waals surface area contributed by atoms with Crippen LogP contribution in [0, 0.1) is 17.3 Å². The Balaban J connectivity index is 4.79. The van der Waals surface area contributed by atoms with Crippen LogP contribution in [0.4, 0.5) is 0 Å². The second kappa shape index (κ2) is 8.70. The van der Waals surface area contributed by atoms with Crippen LogP contribution < -0.4 is 0 Å². The molecule has 0 aliphatic heterocycles. The van der Waals surface area contributed by atoms with E-state index in [1.54, 1.807) is 13.8 Å². The topological polar surface area (TPSA) is 89.9 Å². The Kier molecular flexibility index (Phi) is 8.00. The van der Waals surface area contributed by atoms with Crippen molar-refractivity contribution in [3.8, 4) is 0 Å². The fraction of sp³-hybridized carbons (Fsp3) is 0.706. The molecule has 132 valence electrons. The molecule has 0 radical (unpaired) electrons. The van der Waals surface area contributed by atoms with E-state index in [2.05, 4.69) is 6.58 Å². The number of rotatable bonds is 9. The van der Waals surface area contributed by atoms with Crippen LogP contribution in [0.3, 0.4) is 0 Å². The molecular formula is C17H28O6. The van der Waals surface area contributed by atoms with Gasteiger partial charge in [-0.1, -0.05) is 48.1 Å². The van der Waals surface area contributed by atoms with Crippen LogP contribution in [0.1, 0.15) is 48.0 Å². The van der Waals surface area contributed by atoms with Crippen molar-refractivity contribution in [2.75, 3.05) is 6.61 Å². The van der Waals surface area contributed by atoms with Crippen LogP contribution >= 0.6 is 0 Å². The lowest BCUT2D eigenvalue weighted by molar-refractivity contribution is -0.168. The first kappa shape index (κ1) is 21.1. The van der Waals surface area contributed by atoms with Crippen molar-refractivity contribution >= 4 is 17.9 Å². The predicted octanol–water partition coefficient (Wildman–Crippen LogP) is 2.81. The summed E-state index contributed by atoms with van der Waals surface area (Å²) < 4.78 is 10.7. The van der Waals surface area contributed by atoms with Crippen molar-refractivity contribution in [2.45, 2.75) is 54.1 Å². The Bertz CT molecular complexity index is 462. The van der Waals surface area contributed by atoms with E-state index >= 15 is 0 Å². The first-order valence-corrected chi connectivity index (χ1v) is 7.65. The molecule has 0 aromatic carbocycles. The predicted molar refractivity (Wildman–Crippen MR) is 85.7 cm³/mol. The van der Waals surface area contributed by atoms with Gasteiger partial charge < -0.3 is 14.6 Å². The Morgan fingerprint density at radius 1 is 1.13 bits per heavy atom. The highest BCUT2D eigenvalue weighted by molar-refractivity contribution is 5.91. The third kappa shape index (κ3) is 7.30. The van der Waals surface area contributed by atoms with Gasteiger partial charge in [0.2, 0.25) is 0 Å². The van der Waals surface area contributed by atoms with Gasteiger partial charge in [0.25, 0.3) is 0 Å². The highest BCUT2D eigenvalue weighted by Crippen LogP contribution is 2.30. The van der Waals surface area contributed by atoms with E-state index in [4.69, 9.17) is 14.6 Å². The fourth-order valence-electron chi connectivity index (χ4n) is 2.11. The van der Waals surface area contributed by atoms with Crippen LogP contribution in [-0.2, 0) is 23.9 Å². The lowest BCUT2D eigenvalue weighted by atomic mass is 9.81. The minimum absolute atomic E-state index is 0.0208. The molecule has 6 nitrogen and oxygen atoms in total. The number of carbonyl (C=O) groups is 3. The Morgan fingerprint density at radius 3 is 2.04 bits per heavy atom. The third-order valence-corrected chi connectivity index (χ3v) is 3.36. The van der Waals surface area contributed by atoms with Crippen molar-refractivity contribution < 1.29 is 29.0 Å². The number of esters is 2. The standard InChI is InChI=1S/C17H28O6/c1-10(2)14(23-16(21)11(3)4)17(6,7)9-22-13(18)8-12(5)15(19)20/h10-11,14H,5,8-9H2,1-4,6-7H3,(H,19,20). The van der Waals surface area contributed by atoms with Gasteiger partial charge in [-0.15, -0.1) is 0 Å². The van der Waals surface area contributed by atoms with E-state index < -0.39 is 23.5 Å². The first-order chi connectivity index (χ1) is 10.4. The molecule has 0 saturated heterocycles. The molecule has 0 spiro atoms. The number of carboxylic acids is 1. The van der Waals surface area contributed by atoms with Crippen molar-refractivity contribution in [2.24, 2.45) is 17.3 Å². The number of aliphatic carboxylic acids is 1. The molecule has 0 bridgehead atoms. The number of carboxylic acid groups (broad SMARTS) is 1. The Hall–Kier alpha value is -1.85. The summed E-state index contributed by atoms with van der Waals surface area (Å²) in [5, 5.41) is 8.71. The summed E-state index contributed by atoms with van der Waals surface area (Å²) in [5.41, 5.74) is -0.821. The lowest BCUT2D eigenvalue weighted by Crippen LogP contribution is -2.42. The van der Waals surface area contributed by atoms with Crippen LogP contribution in [0.2, 0.25) is 0 Å². The number of hydrogen-bond acceptors (Lipinski definition) is 5. The van der Waals surface area contributed by atoms with Gasteiger partial charge in [-0.2, -0.15) is 0 Å². The minimum Gasteiger partial charge on any atom is -0.478 e. The second-order valence-corrected chi connectivity index (χ2v) is 6.99.